The number of nitrogens with one attached hydrogen (secondary N) is 1. The molecule has 1 atom stereocenters. The number of aryl methyl sites for hydroxylation is 1. The topological polar surface area (TPSA) is 87.5 Å². The minimum absolute atomic E-state index is 0.139. The van der Waals surface area contributed by atoms with Crippen LogP contribution in [0.4, 0.5) is 5.69 Å². The third kappa shape index (κ3) is 4.35. The van der Waals surface area contributed by atoms with Gasteiger partial charge < -0.3 is 24.1 Å². The number of fused-ring (bicyclic) bond motifs is 1. The smallest absolute Gasteiger partial charge is 0.237 e. The molecule has 2 aromatic carbocycles. The predicted molar refractivity (Wildman–Crippen MR) is 113 cm³/mol. The van der Waals surface area contributed by atoms with E-state index in [2.05, 4.69) is 15.5 Å². The number of aromatic nitrogens is 3. The largest absolute Gasteiger partial charge is 0.485 e. The van der Waals surface area contributed by atoms with Crippen molar-refractivity contribution in [2.75, 3.05) is 12.1 Å². The van der Waals surface area contributed by atoms with Gasteiger partial charge in [-0.25, -0.2) is 0 Å². The molecule has 8 nitrogen and oxygen atoms in total. The molecule has 0 bridgehead atoms. The minimum Gasteiger partial charge on any atom is -0.485 e. The summed E-state index contributed by atoms with van der Waals surface area (Å²) in [6.45, 7) is 4.31. The van der Waals surface area contributed by atoms with Crippen molar-refractivity contribution in [3.63, 3.8) is 0 Å². The third-order valence-corrected chi connectivity index (χ3v) is 5.80. The van der Waals surface area contributed by atoms with Crippen molar-refractivity contribution in [1.82, 2.24) is 14.8 Å². The molecule has 1 aromatic heterocycles. The Kier molecular flexibility index (Phi) is 5.80. The normalized spacial score (nSPS) is 13.2. The van der Waals surface area contributed by atoms with Crippen LogP contribution < -0.4 is 19.5 Å². The fraction of sp³-hybridized carbons (Fsp3) is 0.286. The molecule has 9 heteroatoms. The Bertz CT molecular complexity index is 1070. The maximum absolute atomic E-state index is 12.6. The molecule has 0 saturated carbocycles. The van der Waals surface area contributed by atoms with Crippen LogP contribution in [0.15, 0.2) is 47.6 Å². The van der Waals surface area contributed by atoms with Crippen molar-refractivity contribution in [3.8, 4) is 17.2 Å². The van der Waals surface area contributed by atoms with E-state index in [1.54, 1.807) is 18.2 Å². The molecule has 2 heterocycles. The van der Waals surface area contributed by atoms with Gasteiger partial charge in [0.15, 0.2) is 22.5 Å². The van der Waals surface area contributed by atoms with E-state index in [9.17, 15) is 4.79 Å². The summed E-state index contributed by atoms with van der Waals surface area (Å²) < 4.78 is 18.3. The van der Waals surface area contributed by atoms with E-state index < -0.39 is 0 Å². The number of carbonyl (C=O) groups is 1. The predicted octanol–water partition coefficient (Wildman–Crippen LogP) is 3.55. The highest BCUT2D eigenvalue weighted by Crippen LogP contribution is 2.34. The number of anilines is 1. The lowest BCUT2D eigenvalue weighted by molar-refractivity contribution is -0.115. The zero-order chi connectivity index (χ0) is 21.1. The van der Waals surface area contributed by atoms with Crippen LogP contribution in [-0.2, 0) is 18.4 Å². The minimum atomic E-state index is -0.372. The molecule has 1 N–H and O–H groups in total. The molecule has 0 saturated heterocycles. The van der Waals surface area contributed by atoms with E-state index in [4.69, 9.17) is 14.2 Å². The van der Waals surface area contributed by atoms with Crippen molar-refractivity contribution in [1.29, 1.82) is 0 Å². The second kappa shape index (κ2) is 8.66. The Hall–Kier alpha value is -3.20. The molecular weight excluding hydrogens is 404 g/mol. The maximum atomic E-state index is 12.6. The van der Waals surface area contributed by atoms with Gasteiger partial charge in [-0.05, 0) is 37.6 Å². The van der Waals surface area contributed by atoms with Crippen LogP contribution in [0.1, 0.15) is 18.3 Å². The number of thioether (sulfide) groups is 1. The van der Waals surface area contributed by atoms with Gasteiger partial charge in [-0.15, -0.1) is 10.2 Å². The van der Waals surface area contributed by atoms with Crippen LogP contribution in [0.2, 0.25) is 0 Å². The van der Waals surface area contributed by atoms with Crippen molar-refractivity contribution < 1.29 is 19.0 Å². The van der Waals surface area contributed by atoms with Gasteiger partial charge >= 0.3 is 0 Å². The number of hydrogen-bond acceptors (Lipinski definition) is 7. The Balaban J connectivity index is 1.35. The molecule has 3 aromatic rings. The number of ether oxygens (including phenoxy) is 3. The van der Waals surface area contributed by atoms with Gasteiger partial charge in [0.05, 0.1) is 5.25 Å². The van der Waals surface area contributed by atoms with Crippen LogP contribution in [-0.4, -0.2) is 32.7 Å². The SMILES string of the molecule is Cc1ccccc1OCc1nnc(S[C@@H](C)C(=O)Nc2ccc3c(c2)OCO3)n1C. The molecule has 1 aliphatic rings. The average Bonchev–Trinajstić information content (AvgIpc) is 3.34. The number of amides is 1. The summed E-state index contributed by atoms with van der Waals surface area (Å²) in [5.41, 5.74) is 1.71. The molecule has 4 rings (SSSR count). The second-order valence-corrected chi connectivity index (χ2v) is 8.14. The summed E-state index contributed by atoms with van der Waals surface area (Å²) in [6, 6.07) is 13.1. The second-order valence-electron chi connectivity index (χ2n) is 6.83. The number of benzene rings is 2. The monoisotopic (exact) mass is 426 g/mol. The lowest BCUT2D eigenvalue weighted by Crippen LogP contribution is -2.22. The Labute approximate surface area is 178 Å². The van der Waals surface area contributed by atoms with Gasteiger partial charge in [0.1, 0.15) is 12.4 Å². The number of para-hydroxylation sites is 1. The van der Waals surface area contributed by atoms with Crippen molar-refractivity contribution in [2.24, 2.45) is 7.05 Å². The third-order valence-electron chi connectivity index (χ3n) is 4.67. The van der Waals surface area contributed by atoms with Gasteiger partial charge in [-0.3, -0.25) is 4.79 Å². The number of carbonyl (C=O) groups excluding carboxylic acids is 1. The van der Waals surface area contributed by atoms with Gasteiger partial charge in [-0.2, -0.15) is 0 Å². The zero-order valence-electron chi connectivity index (χ0n) is 16.9. The highest BCUT2D eigenvalue weighted by Gasteiger charge is 2.20. The average molecular weight is 426 g/mol. The van der Waals surface area contributed by atoms with Crippen LogP contribution in [0.3, 0.4) is 0 Å². The van der Waals surface area contributed by atoms with E-state index in [1.807, 2.05) is 49.7 Å². The lowest BCUT2D eigenvalue weighted by atomic mass is 10.2. The first kappa shape index (κ1) is 20.1. The number of rotatable bonds is 7. The summed E-state index contributed by atoms with van der Waals surface area (Å²) in [4.78, 5) is 12.6. The maximum Gasteiger partial charge on any atom is 0.237 e. The van der Waals surface area contributed by atoms with E-state index in [0.717, 1.165) is 11.3 Å². The highest BCUT2D eigenvalue weighted by atomic mass is 32.2. The van der Waals surface area contributed by atoms with Crippen molar-refractivity contribution >= 4 is 23.4 Å². The van der Waals surface area contributed by atoms with Crippen LogP contribution >= 0.6 is 11.8 Å². The fourth-order valence-electron chi connectivity index (χ4n) is 2.86. The Morgan fingerprint density at radius 1 is 1.23 bits per heavy atom. The van der Waals surface area contributed by atoms with Gasteiger partial charge in [0, 0.05) is 18.8 Å². The summed E-state index contributed by atoms with van der Waals surface area (Å²) in [5, 5.41) is 11.6. The van der Waals surface area contributed by atoms with Crippen LogP contribution in [0, 0.1) is 6.92 Å². The number of nitrogens with zero attached hydrogens (tertiary/aromatic N) is 3. The summed E-state index contributed by atoms with van der Waals surface area (Å²) >= 11 is 1.33. The molecule has 1 aliphatic heterocycles. The zero-order valence-corrected chi connectivity index (χ0v) is 17.7. The fourth-order valence-corrected chi connectivity index (χ4v) is 3.70. The quantitative estimate of drug-likeness (QED) is 0.578. The molecule has 1 amide bonds. The number of hydrogen-bond donors (Lipinski definition) is 1. The molecule has 0 fully saturated rings. The van der Waals surface area contributed by atoms with Gasteiger partial charge in [0.2, 0.25) is 12.7 Å². The van der Waals surface area contributed by atoms with E-state index in [-0.39, 0.29) is 18.0 Å². The molecular formula is C21H22N4O4S. The molecule has 156 valence electrons. The van der Waals surface area contributed by atoms with Gasteiger partial charge in [-0.1, -0.05) is 30.0 Å². The van der Waals surface area contributed by atoms with Crippen LogP contribution in [0.25, 0.3) is 0 Å². The molecule has 0 spiro atoms. The van der Waals surface area contributed by atoms with Gasteiger partial charge in [0.25, 0.3) is 0 Å². The molecule has 0 radical (unpaired) electrons. The standard InChI is InChI=1S/C21H22N4O4S/c1-13-6-4-5-7-16(13)27-11-19-23-24-21(25(19)3)30-14(2)20(26)22-15-8-9-17-18(10-15)29-12-28-17/h4-10,14H,11-12H2,1-3H3,(H,22,26)/t14-/m0/s1. The first-order chi connectivity index (χ1) is 14.5. The molecule has 0 unspecified atom stereocenters. The van der Waals surface area contributed by atoms with Crippen molar-refractivity contribution in [2.45, 2.75) is 30.9 Å². The highest BCUT2D eigenvalue weighted by molar-refractivity contribution is 8.00. The van der Waals surface area contributed by atoms with Crippen LogP contribution in [0.5, 0.6) is 17.2 Å². The summed E-state index contributed by atoms with van der Waals surface area (Å²) in [5.74, 6) is 2.66. The van der Waals surface area contributed by atoms with E-state index in [0.29, 0.717) is 34.8 Å². The summed E-state index contributed by atoms with van der Waals surface area (Å²) in [6.07, 6.45) is 0. The van der Waals surface area contributed by atoms with E-state index in [1.165, 1.54) is 11.8 Å². The Morgan fingerprint density at radius 2 is 2.03 bits per heavy atom. The van der Waals surface area contributed by atoms with E-state index >= 15 is 0 Å². The molecule has 0 aliphatic carbocycles. The van der Waals surface area contributed by atoms with Crippen molar-refractivity contribution in [3.05, 3.63) is 53.9 Å². The molecule has 30 heavy (non-hydrogen) atoms. The first-order valence-electron chi connectivity index (χ1n) is 9.45. The lowest BCUT2D eigenvalue weighted by Gasteiger charge is -2.12. The Morgan fingerprint density at radius 3 is 2.87 bits per heavy atom. The first-order valence-corrected chi connectivity index (χ1v) is 10.3. The summed E-state index contributed by atoms with van der Waals surface area (Å²) in [7, 11) is 1.86.